The van der Waals surface area contributed by atoms with E-state index in [-0.39, 0.29) is 11.4 Å². The number of alkyl halides is 4. The average molecular weight is 385 g/mol. The van der Waals surface area contributed by atoms with Crippen LogP contribution in [0.1, 0.15) is 5.56 Å². The highest BCUT2D eigenvalue weighted by Gasteiger charge is 2.44. The van der Waals surface area contributed by atoms with E-state index in [1.165, 1.54) is 30.0 Å². The molecule has 1 aliphatic heterocycles. The molecule has 0 N–H and O–H groups in total. The number of aromatic nitrogens is 1. The summed E-state index contributed by atoms with van der Waals surface area (Å²) in [5, 5.41) is 0.616. The third kappa shape index (κ3) is 4.27. The quantitative estimate of drug-likeness (QED) is 0.690. The van der Waals surface area contributed by atoms with Crippen LogP contribution in [-0.4, -0.2) is 35.0 Å². The Morgan fingerprint density at radius 1 is 1.19 bits per heavy atom. The first-order valence-corrected chi connectivity index (χ1v) is 8.73. The van der Waals surface area contributed by atoms with Gasteiger partial charge in [-0.15, -0.1) is 0 Å². The molecule has 0 atom stereocenters. The Morgan fingerprint density at radius 2 is 2.00 bits per heavy atom. The molecule has 0 radical (unpaired) electrons. The van der Waals surface area contributed by atoms with Crippen molar-refractivity contribution >= 4 is 22.6 Å². The minimum absolute atomic E-state index is 0.241. The highest BCUT2D eigenvalue weighted by atomic mass is 32.2. The number of nitrogens with zero attached hydrogens (tertiary/aromatic N) is 3. The number of ether oxygens (including phenoxy) is 1. The Balaban J connectivity index is 1.96. The molecule has 0 aliphatic carbocycles. The average Bonchev–Trinajstić information content (AvgIpc) is 3.15. The van der Waals surface area contributed by atoms with Crippen molar-refractivity contribution in [3.05, 3.63) is 54.4 Å². The fraction of sp³-hybridized carbons (Fsp3) is 0.294. The fourth-order valence-corrected chi connectivity index (χ4v) is 3.24. The maximum atomic E-state index is 13.4. The van der Waals surface area contributed by atoms with Crippen LogP contribution in [0.4, 0.5) is 23.2 Å². The van der Waals surface area contributed by atoms with Gasteiger partial charge in [-0.05, 0) is 23.8 Å². The standard InChI is InChI=1S/C17H15F4N3OS/c18-15(19)17(20,21)25-14-6-2-1-5-13(14)24(16-23-8-9-26-16)11-12-4-3-7-22-10-12/h1-7,10,15H,8-9,11H2. The third-order valence-electron chi connectivity index (χ3n) is 3.52. The zero-order chi connectivity index (χ0) is 18.6. The normalized spacial score (nSPS) is 14.4. The first-order valence-electron chi connectivity index (χ1n) is 7.75. The Morgan fingerprint density at radius 3 is 2.65 bits per heavy atom. The first-order chi connectivity index (χ1) is 12.5. The van der Waals surface area contributed by atoms with E-state index in [9.17, 15) is 17.6 Å². The van der Waals surface area contributed by atoms with Gasteiger partial charge in [0.05, 0.1) is 18.8 Å². The van der Waals surface area contributed by atoms with Crippen LogP contribution in [0.25, 0.3) is 0 Å². The predicted octanol–water partition coefficient (Wildman–Crippen LogP) is 4.43. The van der Waals surface area contributed by atoms with Gasteiger partial charge in [0.25, 0.3) is 0 Å². The number of anilines is 1. The van der Waals surface area contributed by atoms with Gasteiger partial charge in [-0.25, -0.2) is 0 Å². The van der Waals surface area contributed by atoms with Gasteiger partial charge in [-0.1, -0.05) is 30.0 Å². The molecule has 1 aliphatic rings. The van der Waals surface area contributed by atoms with Crippen molar-refractivity contribution in [1.82, 2.24) is 4.98 Å². The molecule has 0 saturated carbocycles. The summed E-state index contributed by atoms with van der Waals surface area (Å²) in [6.07, 6.45) is -5.25. The lowest BCUT2D eigenvalue weighted by Gasteiger charge is -2.27. The van der Waals surface area contributed by atoms with Crippen molar-refractivity contribution in [2.45, 2.75) is 19.1 Å². The van der Waals surface area contributed by atoms with E-state index in [0.29, 0.717) is 18.3 Å². The van der Waals surface area contributed by atoms with E-state index in [1.807, 2.05) is 6.07 Å². The second-order valence-electron chi connectivity index (χ2n) is 5.39. The summed E-state index contributed by atoms with van der Waals surface area (Å²) in [5.74, 6) is 0.423. The Bertz CT molecular complexity index is 774. The molecule has 2 heterocycles. The number of hydrogen-bond donors (Lipinski definition) is 0. The van der Waals surface area contributed by atoms with Crippen LogP contribution in [-0.2, 0) is 6.54 Å². The van der Waals surface area contributed by atoms with Gasteiger partial charge in [-0.3, -0.25) is 9.98 Å². The molecule has 3 rings (SSSR count). The molecule has 9 heteroatoms. The van der Waals surface area contributed by atoms with Crippen LogP contribution in [0.3, 0.4) is 0 Å². The summed E-state index contributed by atoms with van der Waals surface area (Å²) in [6, 6.07) is 9.43. The van der Waals surface area contributed by atoms with Crippen LogP contribution in [0.2, 0.25) is 0 Å². The number of hydrogen-bond acceptors (Lipinski definition) is 5. The van der Waals surface area contributed by atoms with Gasteiger partial charge in [-0.2, -0.15) is 17.6 Å². The van der Waals surface area contributed by atoms with Gasteiger partial charge >= 0.3 is 12.5 Å². The fourth-order valence-electron chi connectivity index (χ4n) is 2.37. The summed E-state index contributed by atoms with van der Waals surface area (Å²) >= 11 is 1.46. The molecule has 26 heavy (non-hydrogen) atoms. The third-order valence-corrected chi connectivity index (χ3v) is 4.51. The maximum Gasteiger partial charge on any atom is 0.461 e. The minimum Gasteiger partial charge on any atom is -0.426 e. The molecular formula is C17H15F4N3OS. The molecule has 4 nitrogen and oxygen atoms in total. The van der Waals surface area contributed by atoms with E-state index in [1.54, 1.807) is 29.4 Å². The van der Waals surface area contributed by atoms with Crippen LogP contribution in [0.5, 0.6) is 5.75 Å². The van der Waals surface area contributed by atoms with Gasteiger partial charge in [0, 0.05) is 18.1 Å². The number of halogens is 4. The summed E-state index contributed by atoms with van der Waals surface area (Å²) in [7, 11) is 0. The summed E-state index contributed by atoms with van der Waals surface area (Å²) in [6.45, 7) is 0.889. The van der Waals surface area contributed by atoms with Crippen LogP contribution in [0.15, 0.2) is 53.8 Å². The largest absolute Gasteiger partial charge is 0.461 e. The predicted molar refractivity (Wildman–Crippen MR) is 93.2 cm³/mol. The van der Waals surface area contributed by atoms with Gasteiger partial charge in [0.15, 0.2) is 5.17 Å². The Hall–Kier alpha value is -2.29. The Labute approximate surface area is 151 Å². The van der Waals surface area contributed by atoms with Crippen LogP contribution >= 0.6 is 11.8 Å². The van der Waals surface area contributed by atoms with Crippen LogP contribution in [0, 0.1) is 0 Å². The zero-order valence-corrected chi connectivity index (χ0v) is 14.3. The van der Waals surface area contributed by atoms with E-state index in [4.69, 9.17) is 0 Å². The Kier molecular flexibility index (Phi) is 5.65. The number of amidine groups is 1. The molecule has 1 aromatic heterocycles. The number of benzene rings is 1. The SMILES string of the molecule is FC(F)C(F)(F)Oc1ccccc1N(Cc1cccnc1)C1=NCCS1. The van der Waals surface area contributed by atoms with E-state index < -0.39 is 12.5 Å². The maximum absolute atomic E-state index is 13.4. The number of rotatable bonds is 6. The molecule has 0 unspecified atom stereocenters. The van der Waals surface area contributed by atoms with Crippen LogP contribution < -0.4 is 9.64 Å². The van der Waals surface area contributed by atoms with E-state index in [2.05, 4.69) is 14.7 Å². The molecule has 1 aromatic carbocycles. The molecule has 2 aromatic rings. The smallest absolute Gasteiger partial charge is 0.426 e. The van der Waals surface area contributed by atoms with Gasteiger partial charge < -0.3 is 9.64 Å². The van der Waals surface area contributed by atoms with E-state index >= 15 is 0 Å². The molecule has 0 fully saturated rings. The monoisotopic (exact) mass is 385 g/mol. The van der Waals surface area contributed by atoms with Crippen molar-refractivity contribution in [1.29, 1.82) is 0 Å². The minimum atomic E-state index is -4.58. The molecule has 0 saturated heterocycles. The van der Waals surface area contributed by atoms with Crippen molar-refractivity contribution in [2.24, 2.45) is 4.99 Å². The summed E-state index contributed by atoms with van der Waals surface area (Å²) in [4.78, 5) is 10.1. The molecule has 138 valence electrons. The van der Waals surface area contributed by atoms with Crippen molar-refractivity contribution in [2.75, 3.05) is 17.2 Å². The van der Waals surface area contributed by atoms with Crippen molar-refractivity contribution < 1.29 is 22.3 Å². The van der Waals surface area contributed by atoms with Crippen molar-refractivity contribution in [3.63, 3.8) is 0 Å². The highest BCUT2D eigenvalue weighted by molar-refractivity contribution is 8.14. The lowest BCUT2D eigenvalue weighted by atomic mass is 10.2. The number of pyridine rings is 1. The molecule has 0 spiro atoms. The highest BCUT2D eigenvalue weighted by Crippen LogP contribution is 2.37. The first kappa shape index (κ1) is 18.5. The zero-order valence-electron chi connectivity index (χ0n) is 13.5. The second kappa shape index (κ2) is 7.94. The molecule has 0 bridgehead atoms. The lowest BCUT2D eigenvalue weighted by molar-refractivity contribution is -0.252. The number of aliphatic imine (C=N–C) groups is 1. The molecular weight excluding hydrogens is 370 g/mol. The van der Waals surface area contributed by atoms with Gasteiger partial charge in [0.1, 0.15) is 5.75 Å². The summed E-state index contributed by atoms with van der Waals surface area (Å²) < 4.78 is 56.4. The topological polar surface area (TPSA) is 37.7 Å². The lowest BCUT2D eigenvalue weighted by Crippen LogP contribution is -2.35. The van der Waals surface area contributed by atoms with Crippen molar-refractivity contribution in [3.8, 4) is 5.75 Å². The second-order valence-corrected chi connectivity index (χ2v) is 6.45. The number of para-hydroxylation sites is 2. The number of thioether (sulfide) groups is 1. The summed E-state index contributed by atoms with van der Waals surface area (Å²) in [5.41, 5.74) is 1.06. The molecule has 0 amide bonds. The van der Waals surface area contributed by atoms with Gasteiger partial charge in [0.2, 0.25) is 0 Å². The van der Waals surface area contributed by atoms with E-state index in [0.717, 1.165) is 11.3 Å².